The van der Waals surface area contributed by atoms with E-state index in [-0.39, 0.29) is 36.9 Å². The molecule has 2 aromatic heterocycles. The Morgan fingerprint density at radius 2 is 1.32 bits per heavy atom. The summed E-state index contributed by atoms with van der Waals surface area (Å²) in [4.78, 5) is 44.0. The van der Waals surface area contributed by atoms with Gasteiger partial charge in [0.15, 0.2) is 23.7 Å². The number of H-pyrrole nitrogens is 1. The van der Waals surface area contributed by atoms with E-state index in [1.807, 2.05) is 91.0 Å². The topological polar surface area (TPSA) is 278 Å². The quantitative estimate of drug-likeness (QED) is 0.0733. The van der Waals surface area contributed by atoms with Gasteiger partial charge in [-0.15, -0.1) is 0 Å². The molecule has 4 heterocycles. The van der Waals surface area contributed by atoms with Crippen LogP contribution in [-0.2, 0) is 66.0 Å². The SMILES string of the molecule is C[C@@H]1OC(OP(=O)(O)OP(=O)(O)OC[C@H]2O[C@@H](n3cnc4c(=O)[nH]c(N)nc43)[C@H](O)[C@@H]2O)[C@@H](OCc2ccccc2)[C@H](OCc2ccccc2)[C@@H]1OCc1ccccc1. The Bertz CT molecular complexity index is 2310. The van der Waals surface area contributed by atoms with Gasteiger partial charge in [0, 0.05) is 0 Å². The van der Waals surface area contributed by atoms with Gasteiger partial charge in [-0.1, -0.05) is 91.0 Å². The van der Waals surface area contributed by atoms with Crippen molar-refractivity contribution >= 4 is 32.8 Å². The van der Waals surface area contributed by atoms with Gasteiger partial charge >= 0.3 is 15.6 Å². The van der Waals surface area contributed by atoms with Crippen LogP contribution in [-0.4, -0.2) is 95.1 Å². The Hall–Kier alpha value is -4.21. The average Bonchev–Trinajstić information content (AvgIpc) is 3.75. The molecule has 0 amide bonds. The summed E-state index contributed by atoms with van der Waals surface area (Å²) in [6.45, 7) is 0.935. The van der Waals surface area contributed by atoms with Gasteiger partial charge in [-0.25, -0.2) is 14.1 Å². The first-order valence-corrected chi connectivity index (χ1v) is 21.3. The minimum absolute atomic E-state index is 0.0245. The van der Waals surface area contributed by atoms with Crippen LogP contribution < -0.4 is 11.3 Å². The Kier molecular flexibility index (Phi) is 13.5. The lowest BCUT2D eigenvalue weighted by atomic mass is 9.98. The summed E-state index contributed by atoms with van der Waals surface area (Å²) >= 11 is 0. The number of nitrogens with one attached hydrogen (secondary N) is 1. The fourth-order valence-corrected chi connectivity index (χ4v) is 8.80. The van der Waals surface area contributed by atoms with Crippen LogP contribution in [0.4, 0.5) is 5.95 Å². The second-order valence-electron chi connectivity index (χ2n) is 13.7. The summed E-state index contributed by atoms with van der Waals surface area (Å²) in [6.07, 6.45) is -10.8. The van der Waals surface area contributed by atoms with Crippen LogP contribution in [0.5, 0.6) is 0 Å². The maximum atomic E-state index is 13.5. The second kappa shape index (κ2) is 18.6. The van der Waals surface area contributed by atoms with Crippen LogP contribution in [0.2, 0.25) is 0 Å². The summed E-state index contributed by atoms with van der Waals surface area (Å²) in [5.74, 6) is -0.250. The maximum Gasteiger partial charge on any atom is 0.483 e. The molecule has 20 nitrogen and oxygen atoms in total. The van der Waals surface area contributed by atoms with Gasteiger partial charge in [0.1, 0.15) is 36.6 Å². The first-order valence-electron chi connectivity index (χ1n) is 18.3. The number of nitrogen functional groups attached to an aromatic ring is 1. The zero-order valence-electron chi connectivity index (χ0n) is 31.4. The van der Waals surface area contributed by atoms with Crippen molar-refractivity contribution in [2.45, 2.75) is 82.0 Å². The molecule has 2 saturated heterocycles. The number of phosphoric acid groups is 2. The van der Waals surface area contributed by atoms with Crippen molar-refractivity contribution in [3.63, 3.8) is 0 Å². The number of benzene rings is 3. The lowest BCUT2D eigenvalue weighted by molar-refractivity contribution is -0.303. The second-order valence-corrected chi connectivity index (χ2v) is 16.7. The van der Waals surface area contributed by atoms with E-state index in [1.165, 1.54) is 0 Å². The summed E-state index contributed by atoms with van der Waals surface area (Å²) < 4.78 is 73.7. The number of hydrogen-bond acceptors (Lipinski definition) is 16. The van der Waals surface area contributed by atoms with Gasteiger partial charge < -0.3 is 49.4 Å². The first kappa shape index (κ1) is 42.9. The number of aliphatic hydroxyl groups excluding tert-OH is 2. The molecule has 0 saturated carbocycles. The molecule has 0 aliphatic carbocycles. The van der Waals surface area contributed by atoms with E-state index in [4.69, 9.17) is 38.5 Å². The molecule has 2 fully saturated rings. The lowest BCUT2D eigenvalue weighted by Crippen LogP contribution is -2.59. The van der Waals surface area contributed by atoms with Gasteiger partial charge in [0.2, 0.25) is 5.95 Å². The number of aromatic nitrogens is 4. The zero-order chi connectivity index (χ0) is 41.7. The molecule has 59 heavy (non-hydrogen) atoms. The number of fused-ring (bicyclic) bond motifs is 1. The highest BCUT2D eigenvalue weighted by atomic mass is 31.3. The standard InChI is InChI=1S/C37H43N5O15P2/c1-22-30(50-17-23-11-5-2-6-12-23)31(51-18-24-13-7-3-8-14-24)32(52-19-25-15-9-4-10-16-25)36(54-22)56-59(48,49)57-58(46,47)53-20-26-28(43)29(44)35(55-26)42-21-39-27-33(42)40-37(38)41-34(27)45/h2-16,21-22,26,28-32,35-36,43-44H,17-20H2,1H3,(H,46,47)(H,48,49)(H3,38,40,41,45)/t22-,26+,28+,29+,30+,31+,32-,35+,36?/m0/s1. The summed E-state index contributed by atoms with van der Waals surface area (Å²) in [5.41, 5.74) is 7.18. The van der Waals surface area contributed by atoms with Crippen molar-refractivity contribution in [1.82, 2.24) is 19.5 Å². The first-order chi connectivity index (χ1) is 28.3. The Morgan fingerprint density at radius 1 is 0.780 bits per heavy atom. The van der Waals surface area contributed by atoms with Crippen molar-refractivity contribution in [3.05, 3.63) is 124 Å². The number of nitrogens with zero attached hydrogens (tertiary/aromatic N) is 3. The fourth-order valence-electron chi connectivity index (χ4n) is 6.65. The molecule has 5 aromatic rings. The molecule has 11 atom stereocenters. The van der Waals surface area contributed by atoms with Crippen molar-refractivity contribution in [2.24, 2.45) is 0 Å². The Morgan fingerprint density at radius 3 is 1.90 bits per heavy atom. The highest BCUT2D eigenvalue weighted by Crippen LogP contribution is 2.61. The highest BCUT2D eigenvalue weighted by molar-refractivity contribution is 7.61. The van der Waals surface area contributed by atoms with Gasteiger partial charge in [-0.3, -0.25) is 23.4 Å². The molecule has 0 spiro atoms. The third-order valence-corrected chi connectivity index (χ3v) is 12.1. The van der Waals surface area contributed by atoms with Gasteiger partial charge in [0.25, 0.3) is 5.56 Å². The van der Waals surface area contributed by atoms with Crippen LogP contribution in [0, 0.1) is 0 Å². The minimum Gasteiger partial charge on any atom is -0.387 e. The summed E-state index contributed by atoms with van der Waals surface area (Å²) in [6, 6.07) is 27.7. The molecule has 2 aliphatic rings. The van der Waals surface area contributed by atoms with Crippen LogP contribution >= 0.6 is 15.6 Å². The van der Waals surface area contributed by atoms with Crippen molar-refractivity contribution in [2.75, 3.05) is 12.3 Å². The molecular formula is C37H43N5O15P2. The summed E-state index contributed by atoms with van der Waals surface area (Å²) in [7, 11) is -11.1. The molecular weight excluding hydrogens is 816 g/mol. The zero-order valence-corrected chi connectivity index (χ0v) is 33.1. The molecule has 3 aromatic carbocycles. The highest BCUT2D eigenvalue weighted by Gasteiger charge is 2.51. The normalized spacial score (nSPS) is 28.0. The van der Waals surface area contributed by atoms with E-state index >= 15 is 0 Å². The van der Waals surface area contributed by atoms with Gasteiger partial charge in [-0.2, -0.15) is 9.29 Å². The number of nitrogens with two attached hydrogens (primary N) is 1. The van der Waals surface area contributed by atoms with Crippen LogP contribution in [0.15, 0.2) is 102 Å². The number of aromatic amines is 1. The number of ether oxygens (including phenoxy) is 5. The lowest BCUT2D eigenvalue weighted by Gasteiger charge is -2.45. The third-order valence-electron chi connectivity index (χ3n) is 9.49. The average molecular weight is 860 g/mol. The molecule has 0 radical (unpaired) electrons. The third kappa shape index (κ3) is 10.6. The number of phosphoric ester groups is 2. The van der Waals surface area contributed by atoms with E-state index < -0.39 is 83.1 Å². The van der Waals surface area contributed by atoms with Crippen molar-refractivity contribution in [1.29, 1.82) is 0 Å². The van der Waals surface area contributed by atoms with Crippen molar-refractivity contribution in [3.8, 4) is 0 Å². The van der Waals surface area contributed by atoms with Crippen LogP contribution in [0.1, 0.15) is 29.8 Å². The number of imidazole rings is 1. The van der Waals surface area contributed by atoms with E-state index in [0.717, 1.165) is 27.6 Å². The van der Waals surface area contributed by atoms with E-state index in [2.05, 4.69) is 19.3 Å². The Labute approximate surface area is 336 Å². The largest absolute Gasteiger partial charge is 0.483 e. The molecule has 22 heteroatoms. The van der Waals surface area contributed by atoms with Crippen LogP contribution in [0.25, 0.3) is 11.2 Å². The number of anilines is 1. The molecule has 2 aliphatic heterocycles. The monoisotopic (exact) mass is 859 g/mol. The smallest absolute Gasteiger partial charge is 0.387 e. The predicted octanol–water partition coefficient (Wildman–Crippen LogP) is 3.07. The molecule has 7 N–H and O–H groups in total. The van der Waals surface area contributed by atoms with E-state index in [0.29, 0.717) is 0 Å². The molecule has 0 bridgehead atoms. The van der Waals surface area contributed by atoms with Gasteiger partial charge in [-0.05, 0) is 23.6 Å². The van der Waals surface area contributed by atoms with Gasteiger partial charge in [0.05, 0.1) is 38.9 Å². The Balaban J connectivity index is 1.06. The summed E-state index contributed by atoms with van der Waals surface area (Å²) in [5, 5.41) is 21.5. The predicted molar refractivity (Wildman–Crippen MR) is 206 cm³/mol. The minimum atomic E-state index is -5.56. The van der Waals surface area contributed by atoms with Crippen LogP contribution in [0.3, 0.4) is 0 Å². The van der Waals surface area contributed by atoms with E-state index in [1.54, 1.807) is 6.92 Å². The number of rotatable bonds is 17. The maximum absolute atomic E-state index is 13.5. The van der Waals surface area contributed by atoms with E-state index in [9.17, 15) is 33.9 Å². The molecule has 7 rings (SSSR count). The number of aliphatic hydroxyl groups is 2. The molecule has 316 valence electrons. The van der Waals surface area contributed by atoms with Crippen molar-refractivity contribution < 1.29 is 66.2 Å². The number of hydrogen-bond donors (Lipinski definition) is 6. The fraction of sp³-hybridized carbons (Fsp3) is 0.378. The molecule has 3 unspecified atom stereocenters.